The number of nitrogens with zero attached hydrogens (tertiary/aromatic N) is 3. The Kier molecular flexibility index (Phi) is 4.49. The summed E-state index contributed by atoms with van der Waals surface area (Å²) in [5, 5.41) is 0.912. The van der Waals surface area contributed by atoms with Gasteiger partial charge in [0.05, 0.1) is 5.69 Å². The van der Waals surface area contributed by atoms with Crippen molar-refractivity contribution in [2.45, 2.75) is 13.8 Å². The van der Waals surface area contributed by atoms with Crippen LogP contribution in [0.25, 0.3) is 10.2 Å². The van der Waals surface area contributed by atoms with Gasteiger partial charge >= 0.3 is 0 Å². The number of aromatic nitrogens is 1. The molecule has 0 spiro atoms. The minimum Gasteiger partial charge on any atom is -0.397 e. The second-order valence-corrected chi connectivity index (χ2v) is 6.63. The van der Waals surface area contributed by atoms with Crippen molar-refractivity contribution >= 4 is 33.1 Å². The number of thiophene rings is 1. The number of pyridine rings is 1. The molecule has 5 nitrogen and oxygen atoms in total. The van der Waals surface area contributed by atoms with Crippen molar-refractivity contribution in [1.29, 1.82) is 0 Å². The molecule has 0 radical (unpaired) electrons. The molecule has 2 rings (SSSR count). The molecule has 0 aliphatic rings. The zero-order valence-electron chi connectivity index (χ0n) is 13.2. The van der Waals surface area contributed by atoms with Crippen molar-refractivity contribution in [3.63, 3.8) is 0 Å². The largest absolute Gasteiger partial charge is 0.397 e. The van der Waals surface area contributed by atoms with Gasteiger partial charge in [0, 0.05) is 31.2 Å². The Morgan fingerprint density at radius 3 is 2.57 bits per heavy atom. The lowest BCUT2D eigenvalue weighted by atomic mass is 10.1. The van der Waals surface area contributed by atoms with Gasteiger partial charge in [0.1, 0.15) is 9.71 Å². The second kappa shape index (κ2) is 5.99. The SMILES string of the molecule is Cc1cc(C)c2c(N)c(C(=O)N(C)CCN(C)C)sc2n1. The minimum absolute atomic E-state index is 0.0330. The maximum absolute atomic E-state index is 12.6. The fourth-order valence-corrected chi connectivity index (χ4v) is 3.46. The molecule has 0 fully saturated rings. The number of hydrogen-bond acceptors (Lipinski definition) is 5. The molecule has 0 aliphatic heterocycles. The summed E-state index contributed by atoms with van der Waals surface area (Å²) < 4.78 is 0. The summed E-state index contributed by atoms with van der Waals surface area (Å²) in [7, 11) is 5.78. The number of carbonyl (C=O) groups is 1. The van der Waals surface area contributed by atoms with E-state index in [1.165, 1.54) is 11.3 Å². The van der Waals surface area contributed by atoms with Gasteiger partial charge in [0.15, 0.2) is 0 Å². The first kappa shape index (κ1) is 15.7. The molecule has 0 atom stereocenters. The fraction of sp³-hybridized carbons (Fsp3) is 0.467. The van der Waals surface area contributed by atoms with Crippen molar-refractivity contribution in [2.75, 3.05) is 40.0 Å². The standard InChI is InChI=1S/C15H22N4OS/c1-9-8-10(2)17-14-11(9)12(16)13(21-14)15(20)19(5)7-6-18(3)4/h8H,6-7,16H2,1-5H3. The monoisotopic (exact) mass is 306 g/mol. The van der Waals surface area contributed by atoms with Crippen LogP contribution in [0.5, 0.6) is 0 Å². The Morgan fingerprint density at radius 2 is 1.95 bits per heavy atom. The summed E-state index contributed by atoms with van der Waals surface area (Å²) in [5.41, 5.74) is 8.77. The summed E-state index contributed by atoms with van der Waals surface area (Å²) in [5.74, 6) is -0.0330. The summed E-state index contributed by atoms with van der Waals surface area (Å²) in [6, 6.07) is 2.00. The maximum Gasteiger partial charge on any atom is 0.265 e. The van der Waals surface area contributed by atoms with Crippen LogP contribution in [0, 0.1) is 13.8 Å². The normalized spacial score (nSPS) is 11.3. The molecule has 0 saturated carbocycles. The van der Waals surface area contributed by atoms with Gasteiger partial charge in [0.25, 0.3) is 5.91 Å². The fourth-order valence-electron chi connectivity index (χ4n) is 2.25. The van der Waals surface area contributed by atoms with Gasteiger partial charge < -0.3 is 15.5 Å². The minimum atomic E-state index is -0.0330. The Balaban J connectivity index is 2.36. The van der Waals surface area contributed by atoms with Crippen LogP contribution in [0.4, 0.5) is 5.69 Å². The van der Waals surface area contributed by atoms with Crippen LogP contribution in [0.3, 0.4) is 0 Å². The molecule has 0 unspecified atom stereocenters. The first-order valence-electron chi connectivity index (χ1n) is 6.87. The Morgan fingerprint density at radius 1 is 1.29 bits per heavy atom. The van der Waals surface area contributed by atoms with Crippen molar-refractivity contribution in [3.8, 4) is 0 Å². The van der Waals surface area contributed by atoms with E-state index in [1.807, 2.05) is 38.9 Å². The van der Waals surface area contributed by atoms with Crippen LogP contribution < -0.4 is 5.73 Å². The average molecular weight is 306 g/mol. The zero-order chi connectivity index (χ0) is 15.7. The number of fused-ring (bicyclic) bond motifs is 1. The lowest BCUT2D eigenvalue weighted by Gasteiger charge is -2.19. The molecule has 6 heteroatoms. The van der Waals surface area contributed by atoms with Crippen molar-refractivity contribution in [1.82, 2.24) is 14.8 Å². The molecular formula is C15H22N4OS. The predicted molar refractivity (Wildman–Crippen MR) is 89.0 cm³/mol. The van der Waals surface area contributed by atoms with Crippen LogP contribution in [-0.4, -0.2) is 54.9 Å². The van der Waals surface area contributed by atoms with E-state index >= 15 is 0 Å². The van der Waals surface area contributed by atoms with E-state index < -0.39 is 0 Å². The number of amides is 1. The van der Waals surface area contributed by atoms with E-state index in [4.69, 9.17) is 5.73 Å². The molecule has 0 aliphatic carbocycles. The quantitative estimate of drug-likeness (QED) is 0.940. The third kappa shape index (κ3) is 3.16. The molecule has 0 aromatic carbocycles. The van der Waals surface area contributed by atoms with E-state index in [1.54, 1.807) is 11.9 Å². The Hall–Kier alpha value is -1.66. The highest BCUT2D eigenvalue weighted by Gasteiger charge is 2.21. The van der Waals surface area contributed by atoms with Crippen LogP contribution in [0.15, 0.2) is 6.07 Å². The van der Waals surface area contributed by atoms with Gasteiger partial charge in [-0.25, -0.2) is 4.98 Å². The number of carbonyl (C=O) groups excluding carboxylic acids is 1. The summed E-state index contributed by atoms with van der Waals surface area (Å²) in [6.45, 7) is 5.45. The third-order valence-corrected chi connectivity index (χ3v) is 4.54. The molecule has 21 heavy (non-hydrogen) atoms. The molecule has 2 aromatic rings. The number of anilines is 1. The molecule has 114 valence electrons. The number of hydrogen-bond donors (Lipinski definition) is 1. The Bertz CT molecular complexity index is 678. The first-order chi connectivity index (χ1) is 9.81. The number of likely N-dealkylation sites (N-methyl/N-ethyl adjacent to an activating group) is 2. The van der Waals surface area contributed by atoms with E-state index in [-0.39, 0.29) is 5.91 Å². The third-order valence-electron chi connectivity index (χ3n) is 3.45. The van der Waals surface area contributed by atoms with E-state index in [0.717, 1.165) is 28.0 Å². The van der Waals surface area contributed by atoms with E-state index in [0.29, 0.717) is 17.1 Å². The molecular weight excluding hydrogens is 284 g/mol. The van der Waals surface area contributed by atoms with Gasteiger partial charge in [-0.2, -0.15) is 0 Å². The highest BCUT2D eigenvalue weighted by atomic mass is 32.1. The smallest absolute Gasteiger partial charge is 0.265 e. The zero-order valence-corrected chi connectivity index (χ0v) is 14.0. The van der Waals surface area contributed by atoms with Crippen molar-refractivity contribution in [2.24, 2.45) is 0 Å². The number of aryl methyl sites for hydroxylation is 2. The summed E-state index contributed by atoms with van der Waals surface area (Å²) >= 11 is 1.38. The van der Waals surface area contributed by atoms with Gasteiger partial charge in [-0.15, -0.1) is 11.3 Å². The predicted octanol–water partition coefficient (Wildman–Crippen LogP) is 2.13. The lowest BCUT2D eigenvalue weighted by molar-refractivity contribution is 0.0792. The van der Waals surface area contributed by atoms with Crippen LogP contribution in [0.2, 0.25) is 0 Å². The molecule has 1 amide bonds. The van der Waals surface area contributed by atoms with Gasteiger partial charge in [-0.1, -0.05) is 0 Å². The second-order valence-electron chi connectivity index (χ2n) is 5.64. The molecule has 2 heterocycles. The van der Waals surface area contributed by atoms with Crippen LogP contribution in [0.1, 0.15) is 20.9 Å². The topological polar surface area (TPSA) is 62.5 Å². The van der Waals surface area contributed by atoms with Gasteiger partial charge in [0.2, 0.25) is 0 Å². The Labute approximate surface area is 129 Å². The number of nitrogens with two attached hydrogens (primary N) is 1. The van der Waals surface area contributed by atoms with Gasteiger partial charge in [-0.05, 0) is 39.6 Å². The summed E-state index contributed by atoms with van der Waals surface area (Å²) in [4.78, 5) is 22.2. The number of nitrogen functional groups attached to an aromatic ring is 1. The first-order valence-corrected chi connectivity index (χ1v) is 7.69. The molecule has 2 aromatic heterocycles. The molecule has 0 bridgehead atoms. The van der Waals surface area contributed by atoms with Crippen LogP contribution >= 0.6 is 11.3 Å². The van der Waals surface area contributed by atoms with Crippen molar-refractivity contribution in [3.05, 3.63) is 22.2 Å². The maximum atomic E-state index is 12.6. The number of rotatable bonds is 4. The lowest BCUT2D eigenvalue weighted by Crippen LogP contribution is -2.33. The highest BCUT2D eigenvalue weighted by Crippen LogP contribution is 2.35. The van der Waals surface area contributed by atoms with E-state index in [9.17, 15) is 4.79 Å². The van der Waals surface area contributed by atoms with Gasteiger partial charge in [-0.3, -0.25) is 4.79 Å². The highest BCUT2D eigenvalue weighted by molar-refractivity contribution is 7.21. The van der Waals surface area contributed by atoms with Crippen LogP contribution in [-0.2, 0) is 0 Å². The molecule has 2 N–H and O–H groups in total. The summed E-state index contributed by atoms with van der Waals surface area (Å²) in [6.07, 6.45) is 0. The average Bonchev–Trinajstić information content (AvgIpc) is 2.72. The molecule has 0 saturated heterocycles. The van der Waals surface area contributed by atoms with Crippen molar-refractivity contribution < 1.29 is 4.79 Å². The van der Waals surface area contributed by atoms with E-state index in [2.05, 4.69) is 4.98 Å².